The molecule has 1 amide bonds. The summed E-state index contributed by atoms with van der Waals surface area (Å²) < 4.78 is 26.8. The number of carbonyl (C=O) groups excluding carboxylic acids is 1. The van der Waals surface area contributed by atoms with Crippen molar-refractivity contribution in [1.29, 1.82) is 0 Å². The van der Waals surface area contributed by atoms with Crippen LogP contribution in [-0.4, -0.2) is 61.8 Å². The quantitative estimate of drug-likeness (QED) is 0.849. The number of rotatable bonds is 4. The standard InChI is InChI=1S/C17H25N3O3S.ClH/c1-2-17(9-6-10-18-17)16(21)19-11-13-20(14-12-19)24(22,23)15-7-4-3-5-8-15;/h3-5,7-8,18H,2,6,9-14H2,1H3;1H. The van der Waals surface area contributed by atoms with Gasteiger partial charge in [-0.15, -0.1) is 12.4 Å². The van der Waals surface area contributed by atoms with Crippen molar-refractivity contribution < 1.29 is 13.2 Å². The van der Waals surface area contributed by atoms with Gasteiger partial charge in [-0.05, 0) is 37.9 Å². The van der Waals surface area contributed by atoms with Crippen LogP contribution in [0.5, 0.6) is 0 Å². The molecule has 8 heteroatoms. The predicted octanol–water partition coefficient (Wildman–Crippen LogP) is 1.47. The largest absolute Gasteiger partial charge is 0.338 e. The first-order chi connectivity index (χ1) is 11.5. The third kappa shape index (κ3) is 3.84. The minimum Gasteiger partial charge on any atom is -0.338 e. The van der Waals surface area contributed by atoms with E-state index in [1.807, 2.05) is 11.8 Å². The Kier molecular flexibility index (Phi) is 6.48. The lowest BCUT2D eigenvalue weighted by molar-refractivity contribution is -0.139. The Bertz CT molecular complexity index is 682. The SMILES string of the molecule is CCC1(C(=O)N2CCN(S(=O)(=O)c3ccccc3)CC2)CCCN1.Cl. The molecule has 0 aromatic heterocycles. The zero-order valence-electron chi connectivity index (χ0n) is 14.5. The first kappa shape index (κ1) is 20.2. The Labute approximate surface area is 156 Å². The van der Waals surface area contributed by atoms with E-state index in [4.69, 9.17) is 0 Å². The van der Waals surface area contributed by atoms with Gasteiger partial charge in [-0.3, -0.25) is 4.79 Å². The second-order valence-electron chi connectivity index (χ2n) is 6.48. The maximum absolute atomic E-state index is 12.9. The average molecular weight is 388 g/mol. The van der Waals surface area contributed by atoms with Crippen LogP contribution in [0, 0.1) is 0 Å². The van der Waals surface area contributed by atoms with Crippen LogP contribution in [0.25, 0.3) is 0 Å². The van der Waals surface area contributed by atoms with Gasteiger partial charge in [0.25, 0.3) is 0 Å². The first-order valence-electron chi connectivity index (χ1n) is 8.59. The average Bonchev–Trinajstić information content (AvgIpc) is 3.12. The normalized spacial score (nSPS) is 24.8. The van der Waals surface area contributed by atoms with Crippen molar-refractivity contribution in [2.75, 3.05) is 32.7 Å². The van der Waals surface area contributed by atoms with Gasteiger partial charge in [0.1, 0.15) is 0 Å². The number of amides is 1. The summed E-state index contributed by atoms with van der Waals surface area (Å²) >= 11 is 0. The molecule has 1 atom stereocenters. The molecule has 140 valence electrons. The molecule has 2 heterocycles. The van der Waals surface area contributed by atoms with Gasteiger partial charge in [0.05, 0.1) is 10.4 Å². The first-order valence-corrected chi connectivity index (χ1v) is 10.0. The minimum absolute atomic E-state index is 0. The Morgan fingerprint density at radius 3 is 2.32 bits per heavy atom. The van der Waals surface area contributed by atoms with Crippen LogP contribution in [0.1, 0.15) is 26.2 Å². The van der Waals surface area contributed by atoms with E-state index < -0.39 is 15.6 Å². The van der Waals surface area contributed by atoms with Gasteiger partial charge in [-0.1, -0.05) is 25.1 Å². The molecule has 2 aliphatic rings. The fourth-order valence-corrected chi connectivity index (χ4v) is 5.06. The van der Waals surface area contributed by atoms with E-state index in [9.17, 15) is 13.2 Å². The Balaban J connectivity index is 0.00000225. The maximum atomic E-state index is 12.9. The van der Waals surface area contributed by atoms with Gasteiger partial charge < -0.3 is 10.2 Å². The van der Waals surface area contributed by atoms with Gasteiger partial charge in [-0.25, -0.2) is 8.42 Å². The van der Waals surface area contributed by atoms with Gasteiger partial charge >= 0.3 is 0 Å². The summed E-state index contributed by atoms with van der Waals surface area (Å²) in [6.45, 7) is 4.52. The highest BCUT2D eigenvalue weighted by atomic mass is 35.5. The molecule has 25 heavy (non-hydrogen) atoms. The van der Waals surface area contributed by atoms with E-state index >= 15 is 0 Å². The Morgan fingerprint density at radius 1 is 1.16 bits per heavy atom. The summed E-state index contributed by atoms with van der Waals surface area (Å²) in [4.78, 5) is 15.0. The summed E-state index contributed by atoms with van der Waals surface area (Å²) in [5.74, 6) is 0.124. The van der Waals surface area contributed by atoms with Crippen molar-refractivity contribution in [2.45, 2.75) is 36.6 Å². The summed E-state index contributed by atoms with van der Waals surface area (Å²) in [6.07, 6.45) is 2.65. The monoisotopic (exact) mass is 387 g/mol. The molecule has 0 bridgehead atoms. The molecule has 0 radical (unpaired) electrons. The molecule has 2 aliphatic heterocycles. The number of carbonyl (C=O) groups is 1. The number of nitrogens with zero attached hydrogens (tertiary/aromatic N) is 2. The van der Waals surface area contributed by atoms with Crippen LogP contribution in [0.4, 0.5) is 0 Å². The second kappa shape index (κ2) is 8.03. The summed E-state index contributed by atoms with van der Waals surface area (Å²) in [5, 5.41) is 3.36. The molecule has 1 N–H and O–H groups in total. The smallest absolute Gasteiger partial charge is 0.243 e. The van der Waals surface area contributed by atoms with Crippen molar-refractivity contribution >= 4 is 28.3 Å². The fraction of sp³-hybridized carbons (Fsp3) is 0.588. The number of benzene rings is 1. The predicted molar refractivity (Wildman–Crippen MR) is 99.3 cm³/mol. The van der Waals surface area contributed by atoms with Crippen molar-refractivity contribution in [1.82, 2.24) is 14.5 Å². The lowest BCUT2D eigenvalue weighted by Crippen LogP contribution is -2.59. The molecule has 0 aliphatic carbocycles. The van der Waals surface area contributed by atoms with Crippen molar-refractivity contribution in [3.05, 3.63) is 30.3 Å². The molecule has 2 fully saturated rings. The van der Waals surface area contributed by atoms with Crippen molar-refractivity contribution in [2.24, 2.45) is 0 Å². The number of nitrogens with one attached hydrogen (secondary N) is 1. The number of hydrogen-bond acceptors (Lipinski definition) is 4. The molecular formula is C17H26ClN3O3S. The topological polar surface area (TPSA) is 69.7 Å². The Hall–Kier alpha value is -1.15. The molecule has 0 saturated carbocycles. The van der Waals surface area contributed by atoms with Crippen LogP contribution in [0.3, 0.4) is 0 Å². The van der Waals surface area contributed by atoms with E-state index in [0.29, 0.717) is 31.1 Å². The highest BCUT2D eigenvalue weighted by molar-refractivity contribution is 7.89. The van der Waals surface area contributed by atoms with E-state index in [2.05, 4.69) is 5.32 Å². The summed E-state index contributed by atoms with van der Waals surface area (Å²) in [6, 6.07) is 8.48. The third-order valence-corrected chi connectivity index (χ3v) is 7.08. The number of hydrogen-bond donors (Lipinski definition) is 1. The molecule has 1 aromatic rings. The van der Waals surface area contributed by atoms with Gasteiger partial charge in [0.15, 0.2) is 0 Å². The highest BCUT2D eigenvalue weighted by Gasteiger charge is 2.43. The van der Waals surface area contributed by atoms with Crippen molar-refractivity contribution in [3.63, 3.8) is 0 Å². The molecule has 6 nitrogen and oxygen atoms in total. The summed E-state index contributed by atoms with van der Waals surface area (Å²) in [7, 11) is -3.47. The molecule has 1 aromatic carbocycles. The number of halogens is 1. The Morgan fingerprint density at radius 2 is 1.80 bits per heavy atom. The molecule has 2 saturated heterocycles. The van der Waals surface area contributed by atoms with Crippen molar-refractivity contribution in [3.8, 4) is 0 Å². The van der Waals surface area contributed by atoms with E-state index in [1.165, 1.54) is 4.31 Å². The van der Waals surface area contributed by atoms with Gasteiger partial charge in [0, 0.05) is 26.2 Å². The maximum Gasteiger partial charge on any atom is 0.243 e. The summed E-state index contributed by atoms with van der Waals surface area (Å²) in [5.41, 5.74) is -0.444. The molecule has 1 unspecified atom stereocenters. The van der Waals surface area contributed by atoms with Crippen LogP contribution < -0.4 is 5.32 Å². The fourth-order valence-electron chi connectivity index (χ4n) is 3.62. The number of piperazine rings is 1. The minimum atomic E-state index is -3.47. The van der Waals surface area contributed by atoms with Crippen LogP contribution >= 0.6 is 12.4 Å². The molecule has 0 spiro atoms. The number of sulfonamides is 1. The van der Waals surface area contributed by atoms with Gasteiger partial charge in [-0.2, -0.15) is 4.31 Å². The molecular weight excluding hydrogens is 362 g/mol. The van der Waals surface area contributed by atoms with Crippen LogP contribution in [-0.2, 0) is 14.8 Å². The van der Waals surface area contributed by atoms with E-state index in [1.54, 1.807) is 30.3 Å². The zero-order chi connectivity index (χ0) is 17.2. The highest BCUT2D eigenvalue weighted by Crippen LogP contribution is 2.26. The van der Waals surface area contributed by atoms with Gasteiger partial charge in [0.2, 0.25) is 15.9 Å². The zero-order valence-corrected chi connectivity index (χ0v) is 16.1. The lowest BCUT2D eigenvalue weighted by atomic mass is 9.92. The molecule has 3 rings (SSSR count). The van der Waals surface area contributed by atoms with E-state index in [-0.39, 0.29) is 18.3 Å². The third-order valence-electron chi connectivity index (χ3n) is 5.16. The van der Waals surface area contributed by atoms with E-state index in [0.717, 1.165) is 25.8 Å². The lowest BCUT2D eigenvalue weighted by Gasteiger charge is -2.39. The van der Waals surface area contributed by atoms with Crippen LogP contribution in [0.15, 0.2) is 35.2 Å². The van der Waals surface area contributed by atoms with Crippen LogP contribution in [0.2, 0.25) is 0 Å². The second-order valence-corrected chi connectivity index (χ2v) is 8.41.